The van der Waals surface area contributed by atoms with Crippen LogP contribution in [0.2, 0.25) is 0 Å². The number of benzene rings is 2. The molecule has 158 valence electrons. The van der Waals surface area contributed by atoms with E-state index in [1.807, 2.05) is 0 Å². The first-order chi connectivity index (χ1) is 14.3. The third kappa shape index (κ3) is 4.04. The summed E-state index contributed by atoms with van der Waals surface area (Å²) in [5.41, 5.74) is -0.399. The quantitative estimate of drug-likeness (QED) is 0.706. The fourth-order valence-electron chi connectivity index (χ4n) is 4.00. The van der Waals surface area contributed by atoms with E-state index in [0.29, 0.717) is 6.42 Å². The number of rotatable bonds is 3. The number of piperazine rings is 1. The summed E-state index contributed by atoms with van der Waals surface area (Å²) in [6.45, 7) is 0.937. The number of amides is 2. The maximum absolute atomic E-state index is 13.2. The van der Waals surface area contributed by atoms with E-state index >= 15 is 0 Å². The van der Waals surface area contributed by atoms with E-state index < -0.39 is 17.6 Å². The predicted octanol–water partition coefficient (Wildman–Crippen LogP) is 3.93. The molecule has 0 radical (unpaired) electrons. The van der Waals surface area contributed by atoms with Crippen LogP contribution in [-0.2, 0) is 11.0 Å². The Morgan fingerprint density at radius 1 is 0.867 bits per heavy atom. The van der Waals surface area contributed by atoms with Gasteiger partial charge in [0.25, 0.3) is 5.91 Å². The lowest BCUT2D eigenvalue weighted by atomic mass is 10.1. The largest absolute Gasteiger partial charge is 0.417 e. The zero-order valence-corrected chi connectivity index (χ0v) is 16.0. The fraction of sp³-hybridized carbons (Fsp3) is 0.364. The van der Waals surface area contributed by atoms with Gasteiger partial charge in [-0.15, -0.1) is 0 Å². The third-order valence-electron chi connectivity index (χ3n) is 5.75. The molecular weight excluding hydrogens is 400 g/mol. The maximum Gasteiger partial charge on any atom is 0.417 e. The van der Waals surface area contributed by atoms with Crippen molar-refractivity contribution in [3.8, 4) is 0 Å². The van der Waals surface area contributed by atoms with Gasteiger partial charge in [0.05, 0.1) is 11.1 Å². The molecule has 2 aliphatic rings. The number of carbonyl (C=O) groups excluding carboxylic acids is 2. The van der Waals surface area contributed by atoms with Crippen molar-refractivity contribution in [3.05, 3.63) is 71.0 Å². The molecule has 30 heavy (non-hydrogen) atoms. The first kappa shape index (κ1) is 20.4. The molecular formula is C22H20F4N2O2. The highest BCUT2D eigenvalue weighted by atomic mass is 19.4. The molecule has 8 heteroatoms. The number of nitrogens with zero attached hydrogens (tertiary/aromatic N) is 2. The van der Waals surface area contributed by atoms with Crippen LogP contribution in [-0.4, -0.2) is 47.8 Å². The molecule has 2 amide bonds. The molecule has 4 nitrogen and oxygen atoms in total. The Balaban J connectivity index is 1.36. The molecule has 0 N–H and O–H groups in total. The molecule has 4 rings (SSSR count). The van der Waals surface area contributed by atoms with Crippen molar-refractivity contribution < 1.29 is 27.2 Å². The smallest absolute Gasteiger partial charge is 0.339 e. The monoisotopic (exact) mass is 420 g/mol. The maximum atomic E-state index is 13.2. The zero-order valence-electron chi connectivity index (χ0n) is 16.0. The molecule has 0 spiro atoms. The minimum Gasteiger partial charge on any atom is -0.339 e. The van der Waals surface area contributed by atoms with Crippen molar-refractivity contribution in [2.24, 2.45) is 5.92 Å². The average Bonchev–Trinajstić information content (AvgIpc) is 3.53. The van der Waals surface area contributed by atoms with Gasteiger partial charge in [-0.1, -0.05) is 24.3 Å². The normalized spacial score (nSPS) is 21.5. The van der Waals surface area contributed by atoms with Gasteiger partial charge >= 0.3 is 6.18 Å². The van der Waals surface area contributed by atoms with Crippen molar-refractivity contribution in [2.75, 3.05) is 26.2 Å². The molecule has 1 saturated heterocycles. The molecule has 1 aliphatic heterocycles. The van der Waals surface area contributed by atoms with Crippen molar-refractivity contribution in [1.82, 2.24) is 9.80 Å². The van der Waals surface area contributed by atoms with Gasteiger partial charge < -0.3 is 9.80 Å². The van der Waals surface area contributed by atoms with Gasteiger partial charge in [0.2, 0.25) is 5.91 Å². The van der Waals surface area contributed by atoms with E-state index in [1.165, 1.54) is 35.2 Å². The Morgan fingerprint density at radius 2 is 1.47 bits per heavy atom. The van der Waals surface area contributed by atoms with E-state index in [4.69, 9.17) is 0 Å². The van der Waals surface area contributed by atoms with Gasteiger partial charge in [-0.2, -0.15) is 13.2 Å². The highest BCUT2D eigenvalue weighted by molar-refractivity contribution is 5.96. The van der Waals surface area contributed by atoms with E-state index in [1.54, 1.807) is 17.0 Å². The Kier molecular flexibility index (Phi) is 5.26. The second-order valence-electron chi connectivity index (χ2n) is 7.66. The summed E-state index contributed by atoms with van der Waals surface area (Å²) in [6, 6.07) is 10.9. The van der Waals surface area contributed by atoms with Gasteiger partial charge in [0.1, 0.15) is 5.82 Å². The summed E-state index contributed by atoms with van der Waals surface area (Å²) in [5, 5.41) is 0. The standard InChI is InChI=1S/C22H20F4N2O2/c23-15-7-5-14(6-8-15)17-13-18(17)21(30)28-11-9-27(10-12-28)20(29)16-3-1-2-4-19(16)22(24,25)26/h1-8,17-18H,9-13H2/t17-,18-/m1/s1. The Labute approximate surface area is 171 Å². The minimum absolute atomic E-state index is 0.0212. The molecule has 2 atom stereocenters. The predicted molar refractivity (Wildman–Crippen MR) is 101 cm³/mol. The van der Waals surface area contributed by atoms with E-state index in [-0.39, 0.29) is 55.3 Å². The SMILES string of the molecule is O=C(c1ccccc1C(F)(F)F)N1CCN(C(=O)[C@@H]2C[C@@H]2c2ccc(F)cc2)CC1. The lowest BCUT2D eigenvalue weighted by Crippen LogP contribution is -2.51. The molecule has 0 bridgehead atoms. The van der Waals surface area contributed by atoms with Crippen LogP contribution in [0.15, 0.2) is 48.5 Å². The van der Waals surface area contributed by atoms with Crippen molar-refractivity contribution in [2.45, 2.75) is 18.5 Å². The van der Waals surface area contributed by atoms with Crippen LogP contribution < -0.4 is 0 Å². The number of alkyl halides is 3. The lowest BCUT2D eigenvalue weighted by molar-refractivity contribution is -0.138. The van der Waals surface area contributed by atoms with E-state index in [2.05, 4.69) is 0 Å². The van der Waals surface area contributed by atoms with Crippen LogP contribution >= 0.6 is 0 Å². The molecule has 1 saturated carbocycles. The van der Waals surface area contributed by atoms with Crippen LogP contribution in [0.3, 0.4) is 0 Å². The zero-order chi connectivity index (χ0) is 21.5. The third-order valence-corrected chi connectivity index (χ3v) is 5.75. The molecule has 2 fully saturated rings. The first-order valence-electron chi connectivity index (χ1n) is 9.75. The van der Waals surface area contributed by atoms with Crippen molar-refractivity contribution >= 4 is 11.8 Å². The summed E-state index contributed by atoms with van der Waals surface area (Å²) < 4.78 is 52.6. The van der Waals surface area contributed by atoms with Crippen LogP contribution in [0.4, 0.5) is 17.6 Å². The minimum atomic E-state index is -4.61. The van der Waals surface area contributed by atoms with Crippen molar-refractivity contribution in [3.63, 3.8) is 0 Å². The van der Waals surface area contributed by atoms with Crippen LogP contribution in [0.25, 0.3) is 0 Å². The van der Waals surface area contributed by atoms with Gasteiger partial charge in [0, 0.05) is 32.1 Å². The van der Waals surface area contributed by atoms with Crippen LogP contribution in [0.1, 0.15) is 33.8 Å². The summed E-state index contributed by atoms with van der Waals surface area (Å²) >= 11 is 0. The molecule has 2 aromatic carbocycles. The van der Waals surface area contributed by atoms with Crippen LogP contribution in [0, 0.1) is 11.7 Å². The highest BCUT2D eigenvalue weighted by Gasteiger charge is 2.46. The van der Waals surface area contributed by atoms with Gasteiger partial charge in [-0.05, 0) is 42.2 Å². The van der Waals surface area contributed by atoms with Gasteiger partial charge in [-0.25, -0.2) is 4.39 Å². The molecule has 0 aromatic heterocycles. The number of hydrogen-bond acceptors (Lipinski definition) is 2. The van der Waals surface area contributed by atoms with E-state index in [9.17, 15) is 27.2 Å². The Bertz CT molecular complexity index is 950. The summed E-state index contributed by atoms with van der Waals surface area (Å²) in [6.07, 6.45) is -3.91. The first-order valence-corrected chi connectivity index (χ1v) is 9.75. The van der Waals surface area contributed by atoms with Gasteiger partial charge in [-0.3, -0.25) is 9.59 Å². The highest BCUT2D eigenvalue weighted by Crippen LogP contribution is 2.48. The van der Waals surface area contributed by atoms with E-state index in [0.717, 1.165) is 11.6 Å². The number of halogens is 4. The molecule has 0 unspecified atom stereocenters. The average molecular weight is 420 g/mol. The molecule has 1 heterocycles. The second kappa shape index (κ2) is 7.74. The number of carbonyl (C=O) groups is 2. The number of hydrogen-bond donors (Lipinski definition) is 0. The summed E-state index contributed by atoms with van der Waals surface area (Å²) in [5.74, 6) is -1.12. The lowest BCUT2D eigenvalue weighted by Gasteiger charge is -2.35. The van der Waals surface area contributed by atoms with Crippen LogP contribution in [0.5, 0.6) is 0 Å². The Morgan fingerprint density at radius 3 is 2.10 bits per heavy atom. The fourth-order valence-corrected chi connectivity index (χ4v) is 4.00. The second-order valence-corrected chi connectivity index (χ2v) is 7.66. The topological polar surface area (TPSA) is 40.6 Å². The summed E-state index contributed by atoms with van der Waals surface area (Å²) in [4.78, 5) is 28.4. The summed E-state index contributed by atoms with van der Waals surface area (Å²) in [7, 11) is 0. The van der Waals surface area contributed by atoms with Crippen molar-refractivity contribution in [1.29, 1.82) is 0 Å². The van der Waals surface area contributed by atoms with Gasteiger partial charge in [0.15, 0.2) is 0 Å². The Hall–Kier alpha value is -2.90. The molecule has 1 aliphatic carbocycles. The molecule has 2 aromatic rings.